The summed E-state index contributed by atoms with van der Waals surface area (Å²) in [5, 5.41) is 3.12. The Kier molecular flexibility index (Phi) is 4.94. The Morgan fingerprint density at radius 1 is 1.18 bits per heavy atom. The summed E-state index contributed by atoms with van der Waals surface area (Å²) < 4.78 is 6.62. The summed E-state index contributed by atoms with van der Waals surface area (Å²) in [6.07, 6.45) is -0.138. The van der Waals surface area contributed by atoms with Gasteiger partial charge in [0.25, 0.3) is 0 Å². The average molecular weight is 302 g/mol. The number of rotatable bonds is 4. The lowest BCUT2D eigenvalue weighted by Crippen LogP contribution is -2.37. The molecule has 1 aromatic carbocycles. The predicted molar refractivity (Wildman–Crippen MR) is 74.0 cm³/mol. The summed E-state index contributed by atoms with van der Waals surface area (Å²) in [6.45, 7) is 6.17. The molecule has 0 bridgehead atoms. The van der Waals surface area contributed by atoms with Crippen LogP contribution in [0.5, 0.6) is 5.75 Å². The van der Waals surface area contributed by atoms with Gasteiger partial charge in [-0.15, -0.1) is 0 Å². The molecule has 0 heterocycles. The van der Waals surface area contributed by atoms with Gasteiger partial charge in [0.15, 0.2) is 0 Å². The van der Waals surface area contributed by atoms with Gasteiger partial charge in [-0.25, -0.2) is 5.43 Å². The first-order valence-corrected chi connectivity index (χ1v) is 6.25. The highest BCUT2D eigenvalue weighted by atomic mass is 79.9. The molecule has 0 amide bonds. The lowest BCUT2D eigenvalue weighted by molar-refractivity contribution is 0.386. The third-order valence-electron chi connectivity index (χ3n) is 3.16. The van der Waals surface area contributed by atoms with Crippen LogP contribution in [-0.2, 0) is 0 Å². The summed E-state index contributed by atoms with van der Waals surface area (Å²) in [6, 6.07) is 0. The molecule has 4 N–H and O–H groups in total. The van der Waals surface area contributed by atoms with Gasteiger partial charge < -0.3 is 10.1 Å². The summed E-state index contributed by atoms with van der Waals surface area (Å²) >= 11 is 3.62. The Labute approximate surface area is 111 Å². The minimum atomic E-state index is -0.138. The second-order valence-corrected chi connectivity index (χ2v) is 4.82. The molecule has 0 aromatic heterocycles. The summed E-state index contributed by atoms with van der Waals surface area (Å²) in [5.41, 5.74) is 7.22. The molecule has 1 atom stereocenters. The second-order valence-electron chi connectivity index (χ2n) is 4.02. The van der Waals surface area contributed by atoms with Gasteiger partial charge in [-0.05, 0) is 44.5 Å². The smallest absolute Gasteiger partial charge is 0.128 e. The summed E-state index contributed by atoms with van der Waals surface area (Å²) in [5.74, 6) is 6.44. The van der Waals surface area contributed by atoms with Crippen molar-refractivity contribution in [1.29, 1.82) is 0 Å². The van der Waals surface area contributed by atoms with E-state index in [1.54, 1.807) is 7.11 Å². The van der Waals surface area contributed by atoms with E-state index < -0.39 is 0 Å². The van der Waals surface area contributed by atoms with Crippen LogP contribution in [-0.4, -0.2) is 14.2 Å². The lowest BCUT2D eigenvalue weighted by Gasteiger charge is -2.24. The maximum atomic E-state index is 5.56. The highest BCUT2D eigenvalue weighted by molar-refractivity contribution is 9.10. The molecule has 0 radical (unpaired) electrons. The molecule has 4 nitrogen and oxygen atoms in total. The van der Waals surface area contributed by atoms with Crippen LogP contribution >= 0.6 is 15.9 Å². The molecular weight excluding hydrogens is 282 g/mol. The Morgan fingerprint density at radius 2 is 1.76 bits per heavy atom. The van der Waals surface area contributed by atoms with Gasteiger partial charge in [-0.1, -0.05) is 15.9 Å². The van der Waals surface area contributed by atoms with Crippen LogP contribution < -0.4 is 21.3 Å². The van der Waals surface area contributed by atoms with E-state index in [4.69, 9.17) is 10.6 Å². The van der Waals surface area contributed by atoms with Crippen LogP contribution in [0, 0.1) is 20.8 Å². The van der Waals surface area contributed by atoms with Crippen LogP contribution in [0.25, 0.3) is 0 Å². The van der Waals surface area contributed by atoms with Crippen molar-refractivity contribution in [2.24, 2.45) is 5.84 Å². The zero-order chi connectivity index (χ0) is 13.2. The monoisotopic (exact) mass is 301 g/mol. The number of ether oxygens (including phenoxy) is 1. The van der Waals surface area contributed by atoms with E-state index in [1.165, 1.54) is 5.56 Å². The number of nitrogens with one attached hydrogen (secondary N) is 2. The predicted octanol–water partition coefficient (Wildman–Crippen LogP) is 2.06. The van der Waals surface area contributed by atoms with Crippen molar-refractivity contribution in [2.45, 2.75) is 26.9 Å². The van der Waals surface area contributed by atoms with Crippen molar-refractivity contribution in [3.8, 4) is 5.75 Å². The molecule has 0 aliphatic rings. The molecule has 96 valence electrons. The third-order valence-corrected chi connectivity index (χ3v) is 4.35. The zero-order valence-electron chi connectivity index (χ0n) is 10.9. The first-order chi connectivity index (χ1) is 7.99. The van der Waals surface area contributed by atoms with E-state index >= 15 is 0 Å². The van der Waals surface area contributed by atoms with Crippen molar-refractivity contribution in [3.05, 3.63) is 26.7 Å². The molecule has 1 aromatic rings. The molecule has 0 saturated carbocycles. The van der Waals surface area contributed by atoms with Crippen LogP contribution in [0.3, 0.4) is 0 Å². The Bertz CT molecular complexity index is 417. The van der Waals surface area contributed by atoms with Gasteiger partial charge >= 0.3 is 0 Å². The molecule has 17 heavy (non-hydrogen) atoms. The van der Waals surface area contributed by atoms with Crippen molar-refractivity contribution in [2.75, 3.05) is 14.2 Å². The number of hydrogen-bond acceptors (Lipinski definition) is 4. The largest absolute Gasteiger partial charge is 0.496 e. The van der Waals surface area contributed by atoms with E-state index in [2.05, 4.69) is 40.5 Å². The van der Waals surface area contributed by atoms with Gasteiger partial charge in [0.1, 0.15) is 5.75 Å². The highest BCUT2D eigenvalue weighted by Crippen LogP contribution is 2.38. The standard InChI is InChI=1S/C12H20BrN3O/c1-6-7(2)11(17-5)9(8(3)10(6)13)12(15-4)16-14/h12,15-16H,14H2,1-5H3. The van der Waals surface area contributed by atoms with E-state index in [0.717, 1.165) is 26.9 Å². The van der Waals surface area contributed by atoms with Crippen molar-refractivity contribution in [1.82, 2.24) is 10.7 Å². The van der Waals surface area contributed by atoms with E-state index in [0.29, 0.717) is 0 Å². The minimum absolute atomic E-state index is 0.138. The van der Waals surface area contributed by atoms with Crippen molar-refractivity contribution < 1.29 is 4.74 Å². The lowest BCUT2D eigenvalue weighted by atomic mass is 9.97. The molecule has 0 fully saturated rings. The van der Waals surface area contributed by atoms with Gasteiger partial charge in [-0.3, -0.25) is 5.84 Å². The maximum Gasteiger partial charge on any atom is 0.128 e. The fraction of sp³-hybridized carbons (Fsp3) is 0.500. The number of benzene rings is 1. The Hall–Kier alpha value is -0.620. The van der Waals surface area contributed by atoms with Crippen molar-refractivity contribution >= 4 is 15.9 Å². The summed E-state index contributed by atoms with van der Waals surface area (Å²) in [7, 11) is 3.54. The maximum absolute atomic E-state index is 5.56. The number of hydrogen-bond donors (Lipinski definition) is 3. The Balaban J connectivity index is 3.56. The van der Waals surface area contributed by atoms with Gasteiger partial charge in [0.05, 0.1) is 13.3 Å². The van der Waals surface area contributed by atoms with E-state index in [-0.39, 0.29) is 6.17 Å². The first-order valence-electron chi connectivity index (χ1n) is 5.46. The molecule has 0 aliphatic heterocycles. The van der Waals surface area contributed by atoms with Crippen LogP contribution in [0.1, 0.15) is 28.4 Å². The van der Waals surface area contributed by atoms with E-state index in [1.807, 2.05) is 14.0 Å². The highest BCUT2D eigenvalue weighted by Gasteiger charge is 2.21. The van der Waals surface area contributed by atoms with Crippen LogP contribution in [0.15, 0.2) is 4.47 Å². The Morgan fingerprint density at radius 3 is 2.18 bits per heavy atom. The first kappa shape index (κ1) is 14.4. The molecule has 1 rings (SSSR count). The fourth-order valence-electron chi connectivity index (χ4n) is 2.03. The average Bonchev–Trinajstić information content (AvgIpc) is 2.34. The number of halogens is 1. The van der Waals surface area contributed by atoms with Crippen LogP contribution in [0.2, 0.25) is 0 Å². The summed E-state index contributed by atoms with van der Waals surface area (Å²) in [4.78, 5) is 0. The second kappa shape index (κ2) is 5.82. The number of nitrogens with two attached hydrogens (primary N) is 1. The topological polar surface area (TPSA) is 59.3 Å². The SMILES string of the molecule is CNC(NN)c1c(C)c(Br)c(C)c(C)c1OC. The van der Waals surface area contributed by atoms with Gasteiger partial charge in [0.2, 0.25) is 0 Å². The fourth-order valence-corrected chi connectivity index (χ4v) is 2.54. The van der Waals surface area contributed by atoms with Crippen LogP contribution in [0.4, 0.5) is 0 Å². The number of hydrazine groups is 1. The quantitative estimate of drug-likeness (QED) is 0.453. The number of methoxy groups -OCH3 is 1. The molecular formula is C12H20BrN3O. The van der Waals surface area contributed by atoms with Gasteiger partial charge in [-0.2, -0.15) is 0 Å². The molecule has 0 saturated heterocycles. The van der Waals surface area contributed by atoms with Crippen molar-refractivity contribution in [3.63, 3.8) is 0 Å². The van der Waals surface area contributed by atoms with Gasteiger partial charge in [0, 0.05) is 10.0 Å². The molecule has 5 heteroatoms. The molecule has 0 aliphatic carbocycles. The minimum Gasteiger partial charge on any atom is -0.496 e. The molecule has 1 unspecified atom stereocenters. The molecule has 0 spiro atoms. The third kappa shape index (κ3) is 2.47. The zero-order valence-corrected chi connectivity index (χ0v) is 12.5. The normalized spacial score (nSPS) is 12.6. The van der Waals surface area contributed by atoms with E-state index in [9.17, 15) is 0 Å².